The van der Waals surface area contributed by atoms with Gasteiger partial charge in [0.1, 0.15) is 5.82 Å². The van der Waals surface area contributed by atoms with Crippen molar-refractivity contribution in [3.05, 3.63) is 47.7 Å². The van der Waals surface area contributed by atoms with Crippen molar-refractivity contribution < 1.29 is 0 Å². The van der Waals surface area contributed by atoms with Gasteiger partial charge in [-0.05, 0) is 38.2 Å². The van der Waals surface area contributed by atoms with Crippen molar-refractivity contribution in [2.45, 2.75) is 39.7 Å². The number of piperidine rings is 1. The summed E-state index contributed by atoms with van der Waals surface area (Å²) in [6.45, 7) is 8.69. The molecule has 1 aromatic carbocycles. The fourth-order valence-electron chi connectivity index (χ4n) is 3.03. The smallest absolute Gasteiger partial charge is 0.225 e. The Balaban J connectivity index is 1.75. The summed E-state index contributed by atoms with van der Waals surface area (Å²) < 4.78 is 0. The van der Waals surface area contributed by atoms with Crippen LogP contribution in [0.1, 0.15) is 44.0 Å². The van der Waals surface area contributed by atoms with Crippen molar-refractivity contribution in [3.63, 3.8) is 0 Å². The van der Waals surface area contributed by atoms with Crippen LogP contribution < -0.4 is 10.2 Å². The molecule has 4 heteroatoms. The van der Waals surface area contributed by atoms with E-state index in [-0.39, 0.29) is 6.04 Å². The first-order valence-corrected chi connectivity index (χ1v) is 8.54. The summed E-state index contributed by atoms with van der Waals surface area (Å²) >= 11 is 0. The van der Waals surface area contributed by atoms with E-state index in [9.17, 15) is 0 Å². The van der Waals surface area contributed by atoms with Crippen LogP contribution in [0.25, 0.3) is 0 Å². The number of rotatable bonds is 4. The van der Waals surface area contributed by atoms with Crippen LogP contribution in [-0.4, -0.2) is 23.1 Å². The number of aromatic nitrogens is 2. The normalized spacial score (nSPS) is 17.1. The molecule has 1 atom stereocenters. The third kappa shape index (κ3) is 4.01. The van der Waals surface area contributed by atoms with Crippen molar-refractivity contribution in [2.75, 3.05) is 23.3 Å². The minimum Gasteiger partial charge on any atom is -0.356 e. The lowest BCUT2D eigenvalue weighted by Gasteiger charge is -2.31. The molecule has 1 aliphatic heterocycles. The van der Waals surface area contributed by atoms with Crippen LogP contribution in [0.15, 0.2) is 36.4 Å². The first-order chi connectivity index (χ1) is 11.1. The van der Waals surface area contributed by atoms with E-state index in [1.54, 1.807) is 0 Å². The molecular formula is C19H26N4. The van der Waals surface area contributed by atoms with Gasteiger partial charge >= 0.3 is 0 Å². The maximum atomic E-state index is 4.75. The Hall–Kier alpha value is -2.10. The van der Waals surface area contributed by atoms with Gasteiger partial charge < -0.3 is 10.2 Å². The number of hydrogen-bond acceptors (Lipinski definition) is 4. The number of nitrogens with one attached hydrogen (secondary N) is 1. The molecule has 1 unspecified atom stereocenters. The predicted molar refractivity (Wildman–Crippen MR) is 95.9 cm³/mol. The van der Waals surface area contributed by atoms with Crippen LogP contribution in [0, 0.1) is 12.8 Å². The molecule has 2 aromatic rings. The Morgan fingerprint density at radius 3 is 2.52 bits per heavy atom. The second-order valence-electron chi connectivity index (χ2n) is 6.64. The molecule has 0 amide bonds. The monoisotopic (exact) mass is 310 g/mol. The van der Waals surface area contributed by atoms with Crippen molar-refractivity contribution in [1.82, 2.24) is 9.97 Å². The van der Waals surface area contributed by atoms with Crippen LogP contribution in [0.3, 0.4) is 0 Å². The highest BCUT2D eigenvalue weighted by atomic mass is 15.2. The summed E-state index contributed by atoms with van der Waals surface area (Å²) in [6.07, 6.45) is 2.48. The fraction of sp³-hybridized carbons (Fsp3) is 0.474. The number of hydrogen-bond donors (Lipinski definition) is 1. The lowest BCUT2D eigenvalue weighted by molar-refractivity contribution is 0.436. The SMILES string of the molecule is Cc1cc(N2CCC(C)CC2)nc(NC(C)c2ccccc2)n1. The lowest BCUT2D eigenvalue weighted by atomic mass is 9.99. The average molecular weight is 310 g/mol. The second-order valence-corrected chi connectivity index (χ2v) is 6.64. The molecule has 3 rings (SSSR count). The van der Waals surface area contributed by atoms with Crippen LogP contribution in [0.5, 0.6) is 0 Å². The maximum absolute atomic E-state index is 4.75. The number of anilines is 2. The summed E-state index contributed by atoms with van der Waals surface area (Å²) in [4.78, 5) is 11.7. The zero-order chi connectivity index (χ0) is 16.2. The van der Waals surface area contributed by atoms with Crippen LogP contribution in [0.2, 0.25) is 0 Å². The number of aryl methyl sites for hydroxylation is 1. The van der Waals surface area contributed by atoms with Gasteiger partial charge in [-0.2, -0.15) is 4.98 Å². The van der Waals surface area contributed by atoms with Crippen molar-refractivity contribution in [1.29, 1.82) is 0 Å². The van der Waals surface area contributed by atoms with Crippen LogP contribution in [0.4, 0.5) is 11.8 Å². The van der Waals surface area contributed by atoms with Gasteiger partial charge in [0.05, 0.1) is 6.04 Å². The second kappa shape index (κ2) is 6.99. The summed E-state index contributed by atoms with van der Waals surface area (Å²) in [5, 5.41) is 3.44. The molecule has 23 heavy (non-hydrogen) atoms. The molecule has 0 aliphatic carbocycles. The first kappa shape index (κ1) is 15.8. The molecule has 1 aliphatic rings. The standard InChI is InChI=1S/C19H26N4/c1-14-9-11-23(12-10-14)18-13-15(2)20-19(22-18)21-16(3)17-7-5-4-6-8-17/h4-8,13-14,16H,9-12H2,1-3H3,(H,20,21,22). The number of nitrogens with zero attached hydrogens (tertiary/aromatic N) is 3. The average Bonchev–Trinajstić information content (AvgIpc) is 2.56. The molecule has 0 spiro atoms. The highest BCUT2D eigenvalue weighted by Crippen LogP contribution is 2.24. The van der Waals surface area contributed by atoms with Crippen molar-refractivity contribution >= 4 is 11.8 Å². The van der Waals surface area contributed by atoms with Gasteiger partial charge in [-0.25, -0.2) is 4.98 Å². The van der Waals surface area contributed by atoms with Gasteiger partial charge in [-0.1, -0.05) is 37.3 Å². The largest absolute Gasteiger partial charge is 0.356 e. The van der Waals surface area contributed by atoms with Gasteiger partial charge in [-0.3, -0.25) is 0 Å². The van der Waals surface area contributed by atoms with E-state index in [0.29, 0.717) is 0 Å². The summed E-state index contributed by atoms with van der Waals surface area (Å²) in [5.41, 5.74) is 2.25. The van der Waals surface area contributed by atoms with Crippen molar-refractivity contribution in [2.24, 2.45) is 5.92 Å². The summed E-state index contributed by atoms with van der Waals surface area (Å²) in [5.74, 6) is 2.59. The Bertz CT molecular complexity index is 633. The van der Waals surface area contributed by atoms with E-state index in [1.165, 1.54) is 18.4 Å². The van der Waals surface area contributed by atoms with E-state index in [1.807, 2.05) is 13.0 Å². The minimum atomic E-state index is 0.187. The molecule has 122 valence electrons. The van der Waals surface area contributed by atoms with Crippen LogP contribution in [-0.2, 0) is 0 Å². The van der Waals surface area contributed by atoms with Gasteiger partial charge in [0.15, 0.2) is 0 Å². The molecule has 1 N–H and O–H groups in total. The molecule has 1 fully saturated rings. The lowest BCUT2D eigenvalue weighted by Crippen LogP contribution is -2.33. The zero-order valence-corrected chi connectivity index (χ0v) is 14.3. The quantitative estimate of drug-likeness (QED) is 0.919. The van der Waals surface area contributed by atoms with E-state index in [4.69, 9.17) is 4.98 Å². The van der Waals surface area contributed by atoms with Crippen molar-refractivity contribution in [3.8, 4) is 0 Å². The van der Waals surface area contributed by atoms with Gasteiger partial charge in [-0.15, -0.1) is 0 Å². The van der Waals surface area contributed by atoms with E-state index in [2.05, 4.69) is 59.4 Å². The summed E-state index contributed by atoms with van der Waals surface area (Å²) in [7, 11) is 0. The van der Waals surface area contributed by atoms with Gasteiger partial charge in [0, 0.05) is 24.8 Å². The Morgan fingerprint density at radius 1 is 1.13 bits per heavy atom. The van der Waals surface area contributed by atoms with Crippen LogP contribution >= 0.6 is 0 Å². The minimum absolute atomic E-state index is 0.187. The zero-order valence-electron chi connectivity index (χ0n) is 14.3. The first-order valence-electron chi connectivity index (χ1n) is 8.54. The maximum Gasteiger partial charge on any atom is 0.225 e. The predicted octanol–water partition coefficient (Wildman–Crippen LogP) is 4.19. The van der Waals surface area contributed by atoms with Gasteiger partial charge in [0.2, 0.25) is 5.95 Å². The molecule has 0 radical (unpaired) electrons. The van der Waals surface area contributed by atoms with E-state index >= 15 is 0 Å². The highest BCUT2D eigenvalue weighted by molar-refractivity contribution is 5.46. The molecular weight excluding hydrogens is 284 g/mol. The topological polar surface area (TPSA) is 41.1 Å². The third-order valence-corrected chi connectivity index (χ3v) is 4.59. The third-order valence-electron chi connectivity index (χ3n) is 4.59. The molecule has 4 nitrogen and oxygen atoms in total. The molecule has 1 saturated heterocycles. The molecule has 0 bridgehead atoms. The molecule has 0 saturated carbocycles. The fourth-order valence-corrected chi connectivity index (χ4v) is 3.03. The molecule has 1 aromatic heterocycles. The Morgan fingerprint density at radius 2 is 1.83 bits per heavy atom. The van der Waals surface area contributed by atoms with E-state index in [0.717, 1.165) is 36.5 Å². The highest BCUT2D eigenvalue weighted by Gasteiger charge is 2.18. The Labute approximate surface area is 139 Å². The van der Waals surface area contributed by atoms with E-state index < -0.39 is 0 Å². The summed E-state index contributed by atoms with van der Waals surface area (Å²) in [6, 6.07) is 12.7. The molecule has 2 heterocycles. The number of benzene rings is 1. The Kier molecular flexibility index (Phi) is 4.79. The van der Waals surface area contributed by atoms with Gasteiger partial charge in [0.25, 0.3) is 0 Å².